The summed E-state index contributed by atoms with van der Waals surface area (Å²) in [6.07, 6.45) is 8.55. The Morgan fingerprint density at radius 3 is 2.81 bits per heavy atom. The highest BCUT2D eigenvalue weighted by Gasteiger charge is 2.45. The largest absolute Gasteiger partial charge is 0.376 e. The van der Waals surface area contributed by atoms with Crippen LogP contribution in [-0.4, -0.2) is 40.2 Å². The molecule has 2 fully saturated rings. The number of hydrogen-bond donors (Lipinski definition) is 1. The summed E-state index contributed by atoms with van der Waals surface area (Å²) < 4.78 is 50.1. The highest BCUT2D eigenvalue weighted by atomic mass is 19.2. The van der Waals surface area contributed by atoms with Crippen molar-refractivity contribution in [3.05, 3.63) is 64.0 Å². The average Bonchev–Trinajstić information content (AvgIpc) is 3.67. The van der Waals surface area contributed by atoms with E-state index in [1.807, 2.05) is 18.7 Å². The van der Waals surface area contributed by atoms with Gasteiger partial charge in [-0.25, -0.2) is 18.0 Å². The first-order valence-corrected chi connectivity index (χ1v) is 11.8. The van der Waals surface area contributed by atoms with Crippen molar-refractivity contribution in [3.8, 4) is 23.6 Å². The number of H-pyrrole nitrogens is 1. The number of fused-ring (bicyclic) bond motifs is 3. The van der Waals surface area contributed by atoms with E-state index in [0.29, 0.717) is 29.7 Å². The lowest BCUT2D eigenvalue weighted by atomic mass is 9.96. The number of anilines is 1. The topological polar surface area (TPSA) is 71.1 Å². The monoisotopic (exact) mass is 492 g/mol. The molecule has 1 N–H and O–H groups in total. The molecular formula is C27H23F3N4O2. The summed E-state index contributed by atoms with van der Waals surface area (Å²) in [7, 11) is 0. The lowest BCUT2D eigenvalue weighted by molar-refractivity contribution is 0.124. The van der Waals surface area contributed by atoms with Crippen molar-refractivity contribution in [2.75, 3.05) is 18.1 Å². The zero-order valence-electron chi connectivity index (χ0n) is 19.7. The minimum atomic E-state index is -1.19. The van der Waals surface area contributed by atoms with Crippen molar-refractivity contribution in [1.29, 1.82) is 0 Å². The van der Waals surface area contributed by atoms with Gasteiger partial charge in [-0.15, -0.1) is 6.42 Å². The first kappa shape index (κ1) is 23.8. The molecule has 4 aromatic rings. The number of ether oxygens (including phenoxy) is 1. The predicted molar refractivity (Wildman–Crippen MR) is 132 cm³/mol. The highest BCUT2D eigenvalue weighted by Crippen LogP contribution is 2.40. The summed E-state index contributed by atoms with van der Waals surface area (Å²) in [5, 5.41) is 0.818. The smallest absolute Gasteiger partial charge is 0.347 e. The van der Waals surface area contributed by atoms with Gasteiger partial charge >= 0.3 is 5.69 Å². The summed E-state index contributed by atoms with van der Waals surface area (Å²) in [5.74, 6) is -0.568. The molecule has 2 aromatic heterocycles. The Balaban J connectivity index is 0.00000130. The molecule has 2 aromatic carbocycles. The third kappa shape index (κ3) is 3.78. The number of aromatic amines is 1. The van der Waals surface area contributed by atoms with Gasteiger partial charge in [-0.1, -0.05) is 38.0 Å². The molecule has 1 saturated heterocycles. The summed E-state index contributed by atoms with van der Waals surface area (Å²) in [5.41, 5.74) is -1.04. The van der Waals surface area contributed by atoms with Crippen LogP contribution in [-0.2, 0) is 4.74 Å². The second kappa shape index (κ2) is 9.28. The first-order valence-electron chi connectivity index (χ1n) is 11.8. The molecule has 2 aliphatic rings. The molecule has 3 heterocycles. The predicted octanol–water partition coefficient (Wildman–Crippen LogP) is 4.93. The fourth-order valence-electron chi connectivity index (χ4n) is 4.77. The average molecular weight is 493 g/mol. The van der Waals surface area contributed by atoms with Gasteiger partial charge < -0.3 is 14.6 Å². The van der Waals surface area contributed by atoms with Crippen LogP contribution in [0.15, 0.2) is 35.3 Å². The van der Waals surface area contributed by atoms with Gasteiger partial charge in [0, 0.05) is 30.3 Å². The van der Waals surface area contributed by atoms with Crippen molar-refractivity contribution >= 4 is 27.5 Å². The summed E-state index contributed by atoms with van der Waals surface area (Å²) in [4.78, 5) is 25.3. The van der Waals surface area contributed by atoms with Gasteiger partial charge in [0.2, 0.25) is 0 Å². The van der Waals surface area contributed by atoms with Crippen molar-refractivity contribution in [2.45, 2.75) is 38.8 Å². The maximum absolute atomic E-state index is 15.9. The molecule has 0 spiro atoms. The van der Waals surface area contributed by atoms with Crippen molar-refractivity contribution in [1.82, 2.24) is 15.0 Å². The molecule has 184 valence electrons. The Bertz CT molecular complexity index is 1590. The molecule has 9 heteroatoms. The fourth-order valence-corrected chi connectivity index (χ4v) is 4.77. The van der Waals surface area contributed by atoms with E-state index < -0.39 is 23.1 Å². The molecule has 0 bridgehead atoms. The summed E-state index contributed by atoms with van der Waals surface area (Å²) in [6.45, 7) is 5.24. The maximum Gasteiger partial charge on any atom is 0.347 e. The zero-order valence-corrected chi connectivity index (χ0v) is 19.7. The van der Waals surface area contributed by atoms with E-state index >= 15 is 4.39 Å². The van der Waals surface area contributed by atoms with E-state index in [2.05, 4.69) is 20.9 Å². The number of pyridine rings is 1. The Kier molecular flexibility index (Phi) is 6.14. The Morgan fingerprint density at radius 2 is 2.03 bits per heavy atom. The number of halogens is 3. The van der Waals surface area contributed by atoms with Crippen molar-refractivity contribution < 1.29 is 17.9 Å². The molecule has 2 unspecified atom stereocenters. The fraction of sp³-hybridized carbons (Fsp3) is 0.296. The van der Waals surface area contributed by atoms with Crippen LogP contribution in [0, 0.1) is 29.8 Å². The van der Waals surface area contributed by atoms with Crippen LogP contribution >= 0.6 is 0 Å². The number of terminal acetylenes is 1. The van der Waals surface area contributed by atoms with E-state index in [9.17, 15) is 13.6 Å². The molecule has 1 aliphatic heterocycles. The van der Waals surface area contributed by atoms with Crippen molar-refractivity contribution in [2.24, 2.45) is 0 Å². The minimum Gasteiger partial charge on any atom is -0.376 e. The SMILES string of the molecule is C#Cc1c(F)c(F)cc2cccc(-c3ncc4c(N5CCCOC6CC65)nc(=O)[nH]c4c3F)c12.CC. The molecule has 6 rings (SSSR count). The second-order valence-electron chi connectivity index (χ2n) is 8.43. The highest BCUT2D eigenvalue weighted by molar-refractivity contribution is 6.02. The standard InChI is InChI=1S/C25H17F3N4O2.C2H6/c1-2-13-19-12(9-16(26)20(13)27)5-3-6-14(19)22-21(28)23-15(11-29-22)24(31-25(33)30-23)32-7-4-8-34-18-10-17(18)32;1-2/h1,3,5-6,9,11,17-18H,4,7-8,10H2,(H,30,31,33);1-2H3. The Hall–Kier alpha value is -3.90. The van der Waals surface area contributed by atoms with E-state index in [1.165, 1.54) is 12.3 Å². The van der Waals surface area contributed by atoms with Gasteiger partial charge in [0.15, 0.2) is 17.5 Å². The van der Waals surface area contributed by atoms with Crippen molar-refractivity contribution in [3.63, 3.8) is 0 Å². The van der Waals surface area contributed by atoms with E-state index in [4.69, 9.17) is 11.2 Å². The Labute approximate surface area is 205 Å². The van der Waals surface area contributed by atoms with Crippen LogP contribution in [0.5, 0.6) is 0 Å². The molecular weight excluding hydrogens is 469 g/mol. The number of rotatable bonds is 2. The second-order valence-corrected chi connectivity index (χ2v) is 8.43. The lowest BCUT2D eigenvalue weighted by Crippen LogP contribution is -2.31. The number of hydrogen-bond acceptors (Lipinski definition) is 5. The van der Waals surface area contributed by atoms with Gasteiger partial charge in [0.1, 0.15) is 11.5 Å². The van der Waals surface area contributed by atoms with Gasteiger partial charge in [0.25, 0.3) is 0 Å². The number of nitrogens with zero attached hydrogens (tertiary/aromatic N) is 3. The molecule has 0 radical (unpaired) electrons. The minimum absolute atomic E-state index is 0.0655. The van der Waals surface area contributed by atoms with Gasteiger partial charge in [-0.2, -0.15) is 4.98 Å². The van der Waals surface area contributed by atoms with Crippen LogP contribution in [0.3, 0.4) is 0 Å². The number of benzene rings is 2. The molecule has 36 heavy (non-hydrogen) atoms. The van der Waals surface area contributed by atoms with Crippen LogP contribution in [0.25, 0.3) is 32.9 Å². The van der Waals surface area contributed by atoms with E-state index in [1.54, 1.807) is 12.1 Å². The molecule has 1 aliphatic carbocycles. The van der Waals surface area contributed by atoms with Crippen LogP contribution in [0.1, 0.15) is 32.3 Å². The summed E-state index contributed by atoms with van der Waals surface area (Å²) >= 11 is 0. The number of nitrogens with one attached hydrogen (secondary N) is 1. The molecule has 1 saturated carbocycles. The lowest BCUT2D eigenvalue weighted by Gasteiger charge is -2.23. The third-order valence-electron chi connectivity index (χ3n) is 6.40. The van der Waals surface area contributed by atoms with E-state index in [0.717, 1.165) is 18.9 Å². The van der Waals surface area contributed by atoms with Crippen LogP contribution in [0.2, 0.25) is 0 Å². The van der Waals surface area contributed by atoms with Gasteiger partial charge in [0.05, 0.1) is 28.6 Å². The molecule has 0 amide bonds. The first-order chi connectivity index (χ1) is 17.5. The molecule has 6 nitrogen and oxygen atoms in total. The Morgan fingerprint density at radius 1 is 1.22 bits per heavy atom. The third-order valence-corrected chi connectivity index (χ3v) is 6.40. The maximum atomic E-state index is 15.9. The van der Waals surface area contributed by atoms with Crippen LogP contribution in [0.4, 0.5) is 19.0 Å². The summed E-state index contributed by atoms with van der Waals surface area (Å²) in [6, 6.07) is 5.74. The van der Waals surface area contributed by atoms with Crippen LogP contribution < -0.4 is 10.6 Å². The normalized spacial score (nSPS) is 18.7. The van der Waals surface area contributed by atoms with E-state index in [-0.39, 0.29) is 39.9 Å². The molecule has 2 atom stereocenters. The number of aromatic nitrogens is 3. The zero-order chi connectivity index (χ0) is 25.6. The van der Waals surface area contributed by atoms with Gasteiger partial charge in [-0.05, 0) is 24.3 Å². The quantitative estimate of drug-likeness (QED) is 0.402. The van der Waals surface area contributed by atoms with Gasteiger partial charge in [-0.3, -0.25) is 4.98 Å².